The van der Waals surface area contributed by atoms with Crippen LogP contribution in [0.15, 0.2) is 10.6 Å². The van der Waals surface area contributed by atoms with E-state index < -0.39 is 0 Å². The maximum Gasteiger partial charge on any atom is 0.223 e. The standard InChI is InChI=1S/C12H17ClN2O4/c13-11-5-10(19-14-11)1-2-12(17)15-3-4-18-8-9(6-15)7-16/h5,9,16H,1-4,6-8H2/t9-/m0/s1. The van der Waals surface area contributed by atoms with Crippen LogP contribution in [-0.2, 0) is 16.0 Å². The average molecular weight is 289 g/mol. The van der Waals surface area contributed by atoms with Crippen LogP contribution >= 0.6 is 11.6 Å². The maximum atomic E-state index is 12.1. The number of carbonyl (C=O) groups excluding carboxylic acids is 1. The van der Waals surface area contributed by atoms with E-state index in [1.54, 1.807) is 11.0 Å². The number of hydrogen-bond donors (Lipinski definition) is 1. The Labute approximate surface area is 116 Å². The van der Waals surface area contributed by atoms with Gasteiger partial charge in [0.2, 0.25) is 5.91 Å². The highest BCUT2D eigenvalue weighted by atomic mass is 35.5. The molecule has 1 aromatic heterocycles. The number of aliphatic hydroxyl groups is 1. The molecule has 0 radical (unpaired) electrons. The molecule has 7 heteroatoms. The van der Waals surface area contributed by atoms with E-state index in [9.17, 15) is 9.90 Å². The average Bonchev–Trinajstić information content (AvgIpc) is 2.68. The molecule has 1 amide bonds. The summed E-state index contributed by atoms with van der Waals surface area (Å²) >= 11 is 5.64. The molecule has 1 atom stereocenters. The van der Waals surface area contributed by atoms with Crippen LogP contribution in [0.4, 0.5) is 0 Å². The van der Waals surface area contributed by atoms with Gasteiger partial charge in [-0.15, -0.1) is 0 Å². The lowest BCUT2D eigenvalue weighted by atomic mass is 10.1. The van der Waals surface area contributed by atoms with Gasteiger partial charge >= 0.3 is 0 Å². The van der Waals surface area contributed by atoms with Gasteiger partial charge in [0.05, 0.1) is 13.2 Å². The number of carbonyl (C=O) groups is 1. The van der Waals surface area contributed by atoms with Crippen molar-refractivity contribution in [2.45, 2.75) is 12.8 Å². The van der Waals surface area contributed by atoms with Gasteiger partial charge in [-0.2, -0.15) is 0 Å². The number of amides is 1. The maximum absolute atomic E-state index is 12.1. The van der Waals surface area contributed by atoms with Crippen molar-refractivity contribution < 1.29 is 19.2 Å². The third-order valence-electron chi connectivity index (χ3n) is 3.06. The van der Waals surface area contributed by atoms with Gasteiger partial charge < -0.3 is 19.3 Å². The molecule has 1 aromatic rings. The lowest BCUT2D eigenvalue weighted by Gasteiger charge is -2.22. The summed E-state index contributed by atoms with van der Waals surface area (Å²) in [5.74, 6) is 0.616. The Morgan fingerprint density at radius 1 is 1.63 bits per heavy atom. The molecule has 0 aromatic carbocycles. The largest absolute Gasteiger partial charge is 0.396 e. The number of hydrogen-bond acceptors (Lipinski definition) is 5. The molecular weight excluding hydrogens is 272 g/mol. The van der Waals surface area contributed by atoms with Gasteiger partial charge in [0.1, 0.15) is 5.76 Å². The van der Waals surface area contributed by atoms with Crippen LogP contribution in [0.3, 0.4) is 0 Å². The van der Waals surface area contributed by atoms with Crippen LogP contribution < -0.4 is 0 Å². The SMILES string of the molecule is O=C(CCc1cc(Cl)no1)N1CCOC[C@H](CO)C1. The third-order valence-corrected chi connectivity index (χ3v) is 3.24. The third kappa shape index (κ3) is 4.19. The molecule has 2 heterocycles. The first-order chi connectivity index (χ1) is 9.19. The number of aromatic nitrogens is 1. The predicted molar refractivity (Wildman–Crippen MR) is 67.8 cm³/mol. The molecule has 1 saturated heterocycles. The van der Waals surface area contributed by atoms with Crippen molar-refractivity contribution in [1.82, 2.24) is 10.1 Å². The summed E-state index contributed by atoms with van der Waals surface area (Å²) in [7, 11) is 0. The smallest absolute Gasteiger partial charge is 0.223 e. The fraction of sp³-hybridized carbons (Fsp3) is 0.667. The Hall–Kier alpha value is -1.11. The van der Waals surface area contributed by atoms with Crippen molar-refractivity contribution in [3.63, 3.8) is 0 Å². The summed E-state index contributed by atoms with van der Waals surface area (Å²) in [6.07, 6.45) is 0.809. The van der Waals surface area contributed by atoms with Crippen molar-refractivity contribution in [3.8, 4) is 0 Å². The summed E-state index contributed by atoms with van der Waals surface area (Å²) in [5.41, 5.74) is 0. The number of ether oxygens (including phenoxy) is 1. The Bertz CT molecular complexity index is 424. The van der Waals surface area contributed by atoms with Crippen LogP contribution in [-0.4, -0.2) is 54.0 Å². The minimum atomic E-state index is -0.00817. The van der Waals surface area contributed by atoms with Crippen molar-refractivity contribution in [1.29, 1.82) is 0 Å². The molecular formula is C12H17ClN2O4. The molecule has 0 aliphatic carbocycles. The highest BCUT2D eigenvalue weighted by molar-refractivity contribution is 6.29. The molecule has 1 aliphatic heterocycles. The molecule has 0 unspecified atom stereocenters. The second kappa shape index (κ2) is 6.88. The number of nitrogens with zero attached hydrogens (tertiary/aromatic N) is 2. The van der Waals surface area contributed by atoms with Crippen molar-refractivity contribution >= 4 is 17.5 Å². The van der Waals surface area contributed by atoms with Crippen molar-refractivity contribution in [2.24, 2.45) is 5.92 Å². The molecule has 1 aliphatic rings. The lowest BCUT2D eigenvalue weighted by molar-refractivity contribution is -0.131. The highest BCUT2D eigenvalue weighted by Crippen LogP contribution is 2.13. The Morgan fingerprint density at radius 3 is 3.16 bits per heavy atom. The second-order valence-electron chi connectivity index (χ2n) is 4.58. The van der Waals surface area contributed by atoms with E-state index in [4.69, 9.17) is 20.9 Å². The van der Waals surface area contributed by atoms with E-state index in [0.29, 0.717) is 50.1 Å². The summed E-state index contributed by atoms with van der Waals surface area (Å²) in [4.78, 5) is 13.8. The van der Waals surface area contributed by atoms with Crippen molar-refractivity contribution in [2.75, 3.05) is 32.9 Å². The zero-order valence-electron chi connectivity index (χ0n) is 10.5. The molecule has 6 nitrogen and oxygen atoms in total. The molecule has 19 heavy (non-hydrogen) atoms. The number of aliphatic hydroxyl groups excluding tert-OH is 1. The number of aryl methyl sites for hydroxylation is 1. The monoisotopic (exact) mass is 288 g/mol. The van der Waals surface area contributed by atoms with Crippen LogP contribution in [0.25, 0.3) is 0 Å². The van der Waals surface area contributed by atoms with Crippen LogP contribution in [0, 0.1) is 5.92 Å². The Kier molecular flexibility index (Phi) is 5.18. The number of halogens is 1. The first-order valence-corrected chi connectivity index (χ1v) is 6.64. The summed E-state index contributed by atoms with van der Waals surface area (Å²) < 4.78 is 10.3. The van der Waals surface area contributed by atoms with Crippen LogP contribution in [0.2, 0.25) is 5.15 Å². The van der Waals surface area contributed by atoms with E-state index in [1.165, 1.54) is 0 Å². The Morgan fingerprint density at radius 2 is 2.47 bits per heavy atom. The summed E-state index contributed by atoms with van der Waals surface area (Å²) in [5, 5.41) is 13.0. The summed E-state index contributed by atoms with van der Waals surface area (Å²) in [6, 6.07) is 1.61. The molecule has 106 valence electrons. The fourth-order valence-electron chi connectivity index (χ4n) is 2.01. The minimum absolute atomic E-state index is 0.00817. The molecule has 2 rings (SSSR count). The Balaban J connectivity index is 1.84. The first kappa shape index (κ1) is 14.3. The molecule has 1 fully saturated rings. The molecule has 0 bridgehead atoms. The quantitative estimate of drug-likeness (QED) is 0.884. The number of rotatable bonds is 4. The molecule has 0 spiro atoms. The van der Waals surface area contributed by atoms with Crippen LogP contribution in [0.1, 0.15) is 12.2 Å². The van der Waals surface area contributed by atoms with Gasteiger partial charge in [-0.05, 0) is 0 Å². The zero-order valence-corrected chi connectivity index (χ0v) is 11.3. The minimum Gasteiger partial charge on any atom is -0.396 e. The van der Waals surface area contributed by atoms with Gasteiger partial charge in [0.15, 0.2) is 5.15 Å². The fourth-order valence-corrected chi connectivity index (χ4v) is 2.17. The van der Waals surface area contributed by atoms with Gasteiger partial charge in [-0.1, -0.05) is 16.8 Å². The van der Waals surface area contributed by atoms with E-state index in [2.05, 4.69) is 5.16 Å². The van der Waals surface area contributed by atoms with Crippen molar-refractivity contribution in [3.05, 3.63) is 17.0 Å². The van der Waals surface area contributed by atoms with Gasteiger partial charge in [0, 0.05) is 44.5 Å². The van der Waals surface area contributed by atoms with E-state index in [1.807, 2.05) is 0 Å². The van der Waals surface area contributed by atoms with Gasteiger partial charge in [-0.25, -0.2) is 0 Å². The lowest BCUT2D eigenvalue weighted by Crippen LogP contribution is -2.36. The van der Waals surface area contributed by atoms with E-state index >= 15 is 0 Å². The highest BCUT2D eigenvalue weighted by Gasteiger charge is 2.22. The van der Waals surface area contributed by atoms with E-state index in [0.717, 1.165) is 0 Å². The predicted octanol–water partition coefficient (Wildman–Crippen LogP) is 0.728. The molecule has 1 N–H and O–H groups in total. The van der Waals surface area contributed by atoms with E-state index in [-0.39, 0.29) is 18.4 Å². The van der Waals surface area contributed by atoms with Gasteiger partial charge in [-0.3, -0.25) is 4.79 Å². The first-order valence-electron chi connectivity index (χ1n) is 6.26. The zero-order chi connectivity index (χ0) is 13.7. The topological polar surface area (TPSA) is 75.8 Å². The normalized spacial score (nSPS) is 20.3. The molecule has 0 saturated carbocycles. The second-order valence-corrected chi connectivity index (χ2v) is 4.97. The van der Waals surface area contributed by atoms with Gasteiger partial charge in [0.25, 0.3) is 0 Å². The summed E-state index contributed by atoms with van der Waals surface area (Å²) in [6.45, 7) is 2.13. The van der Waals surface area contributed by atoms with Crippen LogP contribution in [0.5, 0.6) is 0 Å².